The Morgan fingerprint density at radius 2 is 2.31 bits per heavy atom. The van der Waals surface area contributed by atoms with Gasteiger partial charge in [0.1, 0.15) is 5.82 Å². The highest BCUT2D eigenvalue weighted by atomic mass is 79.9. The maximum Gasteiger partial charge on any atom is 0.295 e. The van der Waals surface area contributed by atoms with Gasteiger partial charge in [-0.2, -0.15) is 0 Å². The van der Waals surface area contributed by atoms with Gasteiger partial charge in [0.2, 0.25) is 0 Å². The summed E-state index contributed by atoms with van der Waals surface area (Å²) < 4.78 is 19.1. The molecule has 0 aromatic heterocycles. The summed E-state index contributed by atoms with van der Waals surface area (Å²) in [6.45, 7) is 0.315. The average molecular weight is 288 g/mol. The van der Waals surface area contributed by atoms with Crippen LogP contribution in [0.15, 0.2) is 16.6 Å². The van der Waals surface area contributed by atoms with Crippen LogP contribution < -0.4 is 5.73 Å². The summed E-state index contributed by atoms with van der Waals surface area (Å²) in [6.07, 6.45) is 1.83. The minimum atomic E-state index is -1.18. The minimum Gasteiger partial charge on any atom is -0.442 e. The molecule has 1 aliphatic rings. The standard InChI is InChI=1S/C11H11BrFNO2/c12-9-4-3-8-7(10(9)13)2-1-5-11(8,14)16-6-15/h3-4,6H,1-2,5,14H2/t11-/m0/s1. The molecule has 0 aliphatic heterocycles. The van der Waals surface area contributed by atoms with E-state index >= 15 is 0 Å². The fourth-order valence-corrected chi connectivity index (χ4v) is 2.48. The molecule has 1 aromatic rings. The molecule has 0 fully saturated rings. The van der Waals surface area contributed by atoms with E-state index in [1.54, 1.807) is 12.1 Å². The molecule has 5 heteroatoms. The predicted octanol–water partition coefficient (Wildman–Crippen LogP) is 2.21. The molecule has 16 heavy (non-hydrogen) atoms. The van der Waals surface area contributed by atoms with Crippen molar-refractivity contribution in [3.05, 3.63) is 33.5 Å². The molecule has 0 unspecified atom stereocenters. The number of hydrogen-bond acceptors (Lipinski definition) is 3. The van der Waals surface area contributed by atoms with Crippen LogP contribution in [0.3, 0.4) is 0 Å². The molecule has 0 radical (unpaired) electrons. The molecule has 0 bridgehead atoms. The molecule has 86 valence electrons. The Balaban J connectivity index is 2.55. The Kier molecular flexibility index (Phi) is 2.99. The summed E-state index contributed by atoms with van der Waals surface area (Å²) >= 11 is 3.12. The van der Waals surface area contributed by atoms with Crippen molar-refractivity contribution in [2.45, 2.75) is 25.0 Å². The predicted molar refractivity (Wildman–Crippen MR) is 60.1 cm³/mol. The molecule has 3 nitrogen and oxygen atoms in total. The van der Waals surface area contributed by atoms with Gasteiger partial charge in [0.15, 0.2) is 5.72 Å². The number of halogens is 2. The van der Waals surface area contributed by atoms with E-state index in [0.29, 0.717) is 41.3 Å². The van der Waals surface area contributed by atoms with E-state index in [-0.39, 0.29) is 5.82 Å². The summed E-state index contributed by atoms with van der Waals surface area (Å²) in [5.74, 6) is -0.318. The molecule has 0 spiro atoms. The number of ether oxygens (including phenoxy) is 1. The summed E-state index contributed by atoms with van der Waals surface area (Å²) in [5.41, 5.74) is 5.88. The SMILES string of the molecule is N[C@]1(OC=O)CCCc2c1ccc(Br)c2F. The van der Waals surface area contributed by atoms with Crippen LogP contribution in [0.2, 0.25) is 0 Å². The summed E-state index contributed by atoms with van der Waals surface area (Å²) in [5, 5.41) is 0. The first-order valence-corrected chi connectivity index (χ1v) is 5.75. The van der Waals surface area contributed by atoms with Crippen molar-refractivity contribution in [3.8, 4) is 0 Å². The molecule has 0 amide bonds. The smallest absolute Gasteiger partial charge is 0.295 e. The number of fused-ring (bicyclic) bond motifs is 1. The van der Waals surface area contributed by atoms with Gasteiger partial charge in [-0.3, -0.25) is 10.5 Å². The molecule has 1 atom stereocenters. The zero-order valence-electron chi connectivity index (χ0n) is 8.50. The number of benzene rings is 1. The van der Waals surface area contributed by atoms with Crippen LogP contribution in [0.5, 0.6) is 0 Å². The quantitative estimate of drug-likeness (QED) is 0.670. The van der Waals surface area contributed by atoms with Gasteiger partial charge in [0.05, 0.1) is 4.47 Å². The van der Waals surface area contributed by atoms with Crippen LogP contribution in [-0.2, 0) is 21.7 Å². The third kappa shape index (κ3) is 1.74. The van der Waals surface area contributed by atoms with Crippen LogP contribution in [-0.4, -0.2) is 6.47 Å². The van der Waals surface area contributed by atoms with E-state index in [0.717, 1.165) is 0 Å². The molecule has 1 aliphatic carbocycles. The summed E-state index contributed by atoms with van der Waals surface area (Å²) in [4.78, 5) is 10.4. The van der Waals surface area contributed by atoms with Gasteiger partial charge >= 0.3 is 0 Å². The van der Waals surface area contributed by atoms with Gasteiger partial charge in [-0.05, 0) is 40.4 Å². The maximum absolute atomic E-state index is 13.8. The van der Waals surface area contributed by atoms with Gasteiger partial charge in [-0.25, -0.2) is 4.39 Å². The Morgan fingerprint density at radius 3 is 3.00 bits per heavy atom. The van der Waals surface area contributed by atoms with E-state index in [2.05, 4.69) is 15.9 Å². The second-order valence-electron chi connectivity index (χ2n) is 3.84. The first-order valence-electron chi connectivity index (χ1n) is 4.96. The summed E-state index contributed by atoms with van der Waals surface area (Å²) in [6, 6.07) is 3.28. The van der Waals surface area contributed by atoms with E-state index in [1.807, 2.05) is 0 Å². The molecular formula is C11H11BrFNO2. The third-order valence-electron chi connectivity index (χ3n) is 2.89. The topological polar surface area (TPSA) is 52.3 Å². The van der Waals surface area contributed by atoms with Crippen molar-refractivity contribution in [1.82, 2.24) is 0 Å². The largest absolute Gasteiger partial charge is 0.442 e. The van der Waals surface area contributed by atoms with Crippen molar-refractivity contribution in [2.75, 3.05) is 0 Å². The van der Waals surface area contributed by atoms with Crippen LogP contribution in [0.25, 0.3) is 0 Å². The van der Waals surface area contributed by atoms with Crippen molar-refractivity contribution >= 4 is 22.4 Å². The highest BCUT2D eigenvalue weighted by Gasteiger charge is 2.36. The molecule has 0 heterocycles. The molecule has 1 aromatic carbocycles. The van der Waals surface area contributed by atoms with Crippen molar-refractivity contribution in [3.63, 3.8) is 0 Å². The Morgan fingerprint density at radius 1 is 1.56 bits per heavy atom. The van der Waals surface area contributed by atoms with E-state index in [9.17, 15) is 9.18 Å². The van der Waals surface area contributed by atoms with Gasteiger partial charge in [-0.15, -0.1) is 0 Å². The zero-order valence-corrected chi connectivity index (χ0v) is 10.1. The van der Waals surface area contributed by atoms with Crippen molar-refractivity contribution < 1.29 is 13.9 Å². The number of carbonyl (C=O) groups excluding carboxylic acids is 1. The molecule has 0 saturated carbocycles. The average Bonchev–Trinajstić information content (AvgIpc) is 2.24. The molecular weight excluding hydrogens is 277 g/mol. The first kappa shape index (κ1) is 11.5. The van der Waals surface area contributed by atoms with Crippen molar-refractivity contribution in [2.24, 2.45) is 5.73 Å². The maximum atomic E-state index is 13.8. The van der Waals surface area contributed by atoms with E-state index in [1.165, 1.54) is 0 Å². The minimum absolute atomic E-state index is 0.315. The lowest BCUT2D eigenvalue weighted by Crippen LogP contribution is -2.42. The Labute approximate surface area is 101 Å². The number of nitrogens with two attached hydrogens (primary N) is 1. The number of hydrogen-bond donors (Lipinski definition) is 1. The lowest BCUT2D eigenvalue weighted by Gasteiger charge is -2.33. The van der Waals surface area contributed by atoms with Gasteiger partial charge in [0.25, 0.3) is 6.47 Å². The normalized spacial score (nSPS) is 23.7. The fourth-order valence-electron chi connectivity index (χ4n) is 2.10. The number of rotatable bonds is 2. The fraction of sp³-hybridized carbons (Fsp3) is 0.364. The number of carbonyl (C=O) groups is 1. The van der Waals surface area contributed by atoms with Crippen molar-refractivity contribution in [1.29, 1.82) is 0 Å². The second kappa shape index (κ2) is 4.14. The summed E-state index contributed by atoms with van der Waals surface area (Å²) in [7, 11) is 0. The van der Waals surface area contributed by atoms with E-state index in [4.69, 9.17) is 10.5 Å². The lowest BCUT2D eigenvalue weighted by molar-refractivity contribution is -0.145. The van der Waals surface area contributed by atoms with Crippen LogP contribution >= 0.6 is 15.9 Å². The third-order valence-corrected chi connectivity index (χ3v) is 3.50. The molecule has 0 saturated heterocycles. The highest BCUT2D eigenvalue weighted by Crippen LogP contribution is 2.37. The zero-order chi connectivity index (χ0) is 11.8. The highest BCUT2D eigenvalue weighted by molar-refractivity contribution is 9.10. The van der Waals surface area contributed by atoms with Gasteiger partial charge in [0, 0.05) is 12.0 Å². The van der Waals surface area contributed by atoms with E-state index < -0.39 is 5.72 Å². The molecule has 2 rings (SSSR count). The van der Waals surface area contributed by atoms with Gasteiger partial charge < -0.3 is 4.74 Å². The monoisotopic (exact) mass is 287 g/mol. The Bertz CT molecular complexity index is 438. The lowest BCUT2D eigenvalue weighted by atomic mass is 9.85. The van der Waals surface area contributed by atoms with Gasteiger partial charge in [-0.1, -0.05) is 6.07 Å². The van der Waals surface area contributed by atoms with Crippen LogP contribution in [0.4, 0.5) is 4.39 Å². The van der Waals surface area contributed by atoms with Crippen LogP contribution in [0.1, 0.15) is 24.0 Å². The second-order valence-corrected chi connectivity index (χ2v) is 4.70. The first-order chi connectivity index (χ1) is 7.58. The molecule has 2 N–H and O–H groups in total. The Hall–Kier alpha value is -0.940. The van der Waals surface area contributed by atoms with Crippen LogP contribution in [0, 0.1) is 5.82 Å².